The van der Waals surface area contributed by atoms with Gasteiger partial charge in [-0.2, -0.15) is 0 Å². The third-order valence-electron chi connectivity index (χ3n) is 5.68. The van der Waals surface area contributed by atoms with E-state index in [1.165, 1.54) is 12.1 Å². The van der Waals surface area contributed by atoms with Crippen LogP contribution in [-0.4, -0.2) is 31.0 Å². The minimum Gasteiger partial charge on any atom is -0.478 e. The second-order valence-corrected chi connectivity index (χ2v) is 8.09. The van der Waals surface area contributed by atoms with E-state index in [2.05, 4.69) is 19.9 Å². The van der Waals surface area contributed by atoms with Gasteiger partial charge in [0.05, 0.1) is 28.3 Å². The van der Waals surface area contributed by atoms with E-state index in [0.29, 0.717) is 5.56 Å². The number of hydrogen-bond acceptors (Lipinski definition) is 3. The first-order valence-corrected chi connectivity index (χ1v) is 10.6. The average Bonchev–Trinajstić information content (AvgIpc) is 3.59. The molecule has 4 aromatic rings. The number of rotatable bonds is 2. The number of aromatic nitrogens is 4. The zero-order valence-electron chi connectivity index (χ0n) is 17.7. The average molecular weight is 448 g/mol. The summed E-state index contributed by atoms with van der Waals surface area (Å²) >= 11 is 0. The number of nitrogens with zero attached hydrogens (tertiary/aromatic N) is 2. The summed E-state index contributed by atoms with van der Waals surface area (Å²) in [5.74, 6) is -2.08. The van der Waals surface area contributed by atoms with Crippen molar-refractivity contribution in [2.75, 3.05) is 0 Å². The molecule has 34 heavy (non-hydrogen) atoms. The first-order valence-electron chi connectivity index (χ1n) is 10.6. The first-order chi connectivity index (χ1) is 16.5. The number of benzene rings is 1. The van der Waals surface area contributed by atoms with Gasteiger partial charge in [0, 0.05) is 27.6 Å². The SMILES string of the molecule is O=C(O)c1cc(-c2cc3cc4ccc(cc5nc(cc6nc(cc2[nH]3)C=C6)C=C5)[nH]4)ccc1F. The van der Waals surface area contributed by atoms with E-state index in [4.69, 9.17) is 0 Å². The van der Waals surface area contributed by atoms with Gasteiger partial charge in [-0.1, -0.05) is 6.07 Å². The number of H-pyrrole nitrogens is 2. The number of carboxylic acids is 1. The molecule has 0 fully saturated rings. The molecule has 0 spiro atoms. The molecule has 6 nitrogen and oxygen atoms in total. The van der Waals surface area contributed by atoms with Crippen molar-refractivity contribution in [2.24, 2.45) is 0 Å². The van der Waals surface area contributed by atoms with E-state index in [-0.39, 0.29) is 5.56 Å². The first kappa shape index (κ1) is 19.9. The highest BCUT2D eigenvalue weighted by atomic mass is 19.1. The van der Waals surface area contributed by atoms with E-state index >= 15 is 0 Å². The second-order valence-electron chi connectivity index (χ2n) is 8.09. The molecule has 3 N–H and O–H groups in total. The molecule has 0 aliphatic carbocycles. The van der Waals surface area contributed by atoms with Crippen LogP contribution in [-0.2, 0) is 0 Å². The number of halogens is 1. The molecule has 164 valence electrons. The van der Waals surface area contributed by atoms with Crippen molar-refractivity contribution >= 4 is 52.3 Å². The Hall–Kier alpha value is -4.78. The van der Waals surface area contributed by atoms with E-state index in [0.717, 1.165) is 50.4 Å². The lowest BCUT2D eigenvalue weighted by molar-refractivity contribution is 0.0692. The lowest BCUT2D eigenvalue weighted by atomic mass is 10.0. The van der Waals surface area contributed by atoms with Gasteiger partial charge in [-0.3, -0.25) is 0 Å². The standard InChI is InChI=1S/C27H17FN4O2/c28-25-8-1-15(9-24(25)27(33)34)23-13-22-12-20-5-4-18(30-20)10-16-2-3-17(29-16)11-19-6-7-21(31-19)14-26(23)32-22/h1-14,30,32H,(H,33,34). The normalized spacial score (nSPS) is 12.3. The summed E-state index contributed by atoms with van der Waals surface area (Å²) < 4.78 is 14.0. The van der Waals surface area contributed by atoms with Crippen molar-refractivity contribution in [1.82, 2.24) is 19.9 Å². The Labute approximate surface area is 192 Å². The van der Waals surface area contributed by atoms with Gasteiger partial charge in [-0.15, -0.1) is 0 Å². The van der Waals surface area contributed by atoms with Crippen LogP contribution in [0.1, 0.15) is 33.1 Å². The van der Waals surface area contributed by atoms with Crippen molar-refractivity contribution in [3.8, 4) is 11.1 Å². The molecule has 2 aliphatic rings. The Bertz CT molecular complexity index is 1710. The van der Waals surface area contributed by atoms with Gasteiger partial charge in [0.2, 0.25) is 0 Å². The third-order valence-corrected chi connectivity index (χ3v) is 5.68. The van der Waals surface area contributed by atoms with Crippen molar-refractivity contribution < 1.29 is 14.3 Å². The molecule has 0 amide bonds. The van der Waals surface area contributed by atoms with Crippen LogP contribution in [0.3, 0.4) is 0 Å². The maximum atomic E-state index is 14.0. The minimum absolute atomic E-state index is 0.372. The van der Waals surface area contributed by atoms with Crippen molar-refractivity contribution in [1.29, 1.82) is 0 Å². The fourth-order valence-corrected chi connectivity index (χ4v) is 4.11. The Morgan fingerprint density at radius 2 is 1.35 bits per heavy atom. The minimum atomic E-state index is -1.31. The molecule has 0 atom stereocenters. The third kappa shape index (κ3) is 3.69. The van der Waals surface area contributed by atoms with Crippen LogP contribution >= 0.6 is 0 Å². The largest absolute Gasteiger partial charge is 0.478 e. The monoisotopic (exact) mass is 448 g/mol. The lowest BCUT2D eigenvalue weighted by Crippen LogP contribution is -2.00. The molecule has 2 aliphatic heterocycles. The van der Waals surface area contributed by atoms with E-state index in [1.807, 2.05) is 66.8 Å². The van der Waals surface area contributed by atoms with Crippen molar-refractivity contribution in [2.45, 2.75) is 0 Å². The molecule has 1 aromatic carbocycles. The number of fused-ring (bicyclic) bond motifs is 8. The zero-order valence-corrected chi connectivity index (χ0v) is 17.7. The highest BCUT2D eigenvalue weighted by Crippen LogP contribution is 2.29. The van der Waals surface area contributed by atoms with Crippen LogP contribution in [0, 0.1) is 5.82 Å². The van der Waals surface area contributed by atoms with Gasteiger partial charge < -0.3 is 15.1 Å². The summed E-state index contributed by atoms with van der Waals surface area (Å²) in [7, 11) is 0. The summed E-state index contributed by atoms with van der Waals surface area (Å²) in [5, 5.41) is 9.37. The van der Waals surface area contributed by atoms with Gasteiger partial charge in [-0.05, 0) is 84.5 Å². The maximum Gasteiger partial charge on any atom is 0.338 e. The number of aromatic carboxylic acids is 1. The molecule has 0 unspecified atom stereocenters. The number of carboxylic acid groups (broad SMARTS) is 1. The fourth-order valence-electron chi connectivity index (χ4n) is 4.11. The summed E-state index contributed by atoms with van der Waals surface area (Å²) in [6.45, 7) is 0. The van der Waals surface area contributed by atoms with Crippen LogP contribution in [0.5, 0.6) is 0 Å². The smallest absolute Gasteiger partial charge is 0.338 e. The van der Waals surface area contributed by atoms with Crippen LogP contribution in [0.2, 0.25) is 0 Å². The molecular weight excluding hydrogens is 431 g/mol. The van der Waals surface area contributed by atoms with E-state index < -0.39 is 11.8 Å². The van der Waals surface area contributed by atoms with Crippen molar-refractivity contribution in [3.05, 3.63) is 94.8 Å². The topological polar surface area (TPSA) is 94.7 Å². The van der Waals surface area contributed by atoms with Gasteiger partial charge in [0.1, 0.15) is 5.82 Å². The Kier molecular flexibility index (Phi) is 4.48. The summed E-state index contributed by atoms with van der Waals surface area (Å²) in [6, 6.07) is 17.7. The van der Waals surface area contributed by atoms with Gasteiger partial charge >= 0.3 is 5.97 Å². The molecule has 3 aromatic heterocycles. The predicted octanol–water partition coefficient (Wildman–Crippen LogP) is 6.16. The van der Waals surface area contributed by atoms with Crippen LogP contribution in [0.15, 0.2) is 60.7 Å². The molecule has 7 heteroatoms. The second kappa shape index (κ2) is 7.67. The van der Waals surface area contributed by atoms with E-state index in [9.17, 15) is 14.3 Å². The number of carbonyl (C=O) groups is 1. The van der Waals surface area contributed by atoms with Crippen LogP contribution < -0.4 is 0 Å². The Morgan fingerprint density at radius 3 is 2.06 bits per heavy atom. The molecule has 6 rings (SSSR count). The van der Waals surface area contributed by atoms with Gasteiger partial charge in [0.25, 0.3) is 0 Å². The Morgan fingerprint density at radius 1 is 0.706 bits per heavy atom. The van der Waals surface area contributed by atoms with Gasteiger partial charge in [0.15, 0.2) is 0 Å². The molecule has 0 saturated carbocycles. The highest BCUT2D eigenvalue weighted by Gasteiger charge is 2.14. The lowest BCUT2D eigenvalue weighted by Gasteiger charge is -2.02. The molecule has 0 saturated heterocycles. The molecule has 5 heterocycles. The number of nitrogens with one attached hydrogen (secondary N) is 2. The zero-order chi connectivity index (χ0) is 23.2. The molecule has 8 bridgehead atoms. The summed E-state index contributed by atoms with van der Waals surface area (Å²) in [4.78, 5) is 27.5. The molecular formula is C27H17FN4O2. The fraction of sp³-hybridized carbons (Fsp3) is 0. The van der Waals surface area contributed by atoms with Gasteiger partial charge in [-0.25, -0.2) is 19.2 Å². The van der Waals surface area contributed by atoms with Crippen molar-refractivity contribution in [3.63, 3.8) is 0 Å². The predicted molar refractivity (Wildman–Crippen MR) is 131 cm³/mol. The highest BCUT2D eigenvalue weighted by molar-refractivity contribution is 5.93. The summed E-state index contributed by atoms with van der Waals surface area (Å²) in [5.41, 5.74) is 7.47. The van der Waals surface area contributed by atoms with Crippen LogP contribution in [0.4, 0.5) is 4.39 Å². The Balaban J connectivity index is 1.65. The maximum absolute atomic E-state index is 14.0. The quantitative estimate of drug-likeness (QED) is 0.296. The summed E-state index contributed by atoms with van der Waals surface area (Å²) in [6.07, 6.45) is 7.72. The van der Waals surface area contributed by atoms with E-state index in [1.54, 1.807) is 6.07 Å². The number of aromatic amines is 2. The van der Waals surface area contributed by atoms with Crippen LogP contribution in [0.25, 0.3) is 57.5 Å². The number of hydrogen-bond donors (Lipinski definition) is 3. The molecule has 0 radical (unpaired) electrons.